The summed E-state index contributed by atoms with van der Waals surface area (Å²) in [4.78, 5) is 5.14. The summed E-state index contributed by atoms with van der Waals surface area (Å²) in [6, 6.07) is 68.1. The van der Waals surface area contributed by atoms with Gasteiger partial charge in [-0.2, -0.15) is 0 Å². The van der Waals surface area contributed by atoms with Gasteiger partial charge in [0.15, 0.2) is 0 Å². The average Bonchev–Trinajstić information content (AvgIpc) is 3.31. The first kappa shape index (κ1) is 34.2. The molecule has 11 rings (SSSR count). The maximum atomic E-state index is 5.14. The lowest BCUT2D eigenvalue weighted by atomic mass is 9.83. The van der Waals surface area contributed by atoms with Gasteiger partial charge in [-0.3, -0.25) is 5.32 Å². The first-order chi connectivity index (χ1) is 28.7. The molecule has 0 saturated heterocycles. The molecule has 0 amide bonds. The Balaban J connectivity index is 0.980. The quantitative estimate of drug-likeness (QED) is 0.166. The van der Waals surface area contributed by atoms with Crippen LogP contribution in [0.1, 0.15) is 53.0 Å². The number of hydrogen-bond acceptors (Lipinski definition) is 3. The minimum Gasteiger partial charge on any atom is -0.350 e. The third kappa shape index (κ3) is 6.08. The van der Waals surface area contributed by atoms with E-state index in [1.807, 2.05) is 6.07 Å². The molecule has 0 spiro atoms. The van der Waals surface area contributed by atoms with Gasteiger partial charge in [0.05, 0.1) is 0 Å². The molecular formula is C55H41N3. The highest BCUT2D eigenvalue weighted by atomic mass is 15.3. The molecule has 1 aliphatic carbocycles. The van der Waals surface area contributed by atoms with E-state index in [9.17, 15) is 0 Å². The van der Waals surface area contributed by atoms with E-state index in [2.05, 4.69) is 205 Å². The van der Waals surface area contributed by atoms with Crippen LogP contribution in [0.5, 0.6) is 0 Å². The number of hydrogen-bond donors (Lipinski definition) is 2. The Morgan fingerprint density at radius 3 is 1.72 bits per heavy atom. The molecule has 0 saturated carbocycles. The van der Waals surface area contributed by atoms with Crippen LogP contribution in [-0.2, 0) is 0 Å². The number of rotatable bonds is 6. The molecule has 1 aliphatic heterocycles. The Morgan fingerprint density at radius 2 is 1.00 bits per heavy atom. The minimum absolute atomic E-state index is 0.141. The topological polar surface area (TPSA) is 36.4 Å². The summed E-state index contributed by atoms with van der Waals surface area (Å²) in [5.74, 6) is 0.887. The second-order valence-corrected chi connectivity index (χ2v) is 15.5. The highest BCUT2D eigenvalue weighted by Gasteiger charge is 2.26. The normalized spacial score (nSPS) is 16.9. The van der Waals surface area contributed by atoms with Crippen LogP contribution in [0.4, 0.5) is 0 Å². The molecular weight excluding hydrogens is 703 g/mol. The summed E-state index contributed by atoms with van der Waals surface area (Å²) in [7, 11) is 0. The predicted octanol–water partition coefficient (Wildman–Crippen LogP) is 13.6. The summed E-state index contributed by atoms with van der Waals surface area (Å²) in [5, 5.41) is 18.0. The lowest BCUT2D eigenvalue weighted by Gasteiger charge is -2.32. The predicted molar refractivity (Wildman–Crippen MR) is 245 cm³/mol. The SMILES string of the molecule is C1=C(c2ccc3c4ccccc4c4ccccc4c3c2)CCC(c2c(-c3cccc(C4NC(c5ccccc5)=NC(c5ccccc5)N4)c3)ccc3ccccc23)=C1. The molecule has 0 bridgehead atoms. The molecule has 3 heteroatoms. The molecule has 9 aromatic rings. The Morgan fingerprint density at radius 1 is 0.414 bits per heavy atom. The van der Waals surface area contributed by atoms with Gasteiger partial charge in [-0.1, -0.05) is 188 Å². The fourth-order valence-corrected chi connectivity index (χ4v) is 9.22. The molecule has 2 N–H and O–H groups in total. The Bertz CT molecular complexity index is 3090. The zero-order chi connectivity index (χ0) is 38.4. The lowest BCUT2D eigenvalue weighted by molar-refractivity contribution is 0.409. The Kier molecular flexibility index (Phi) is 8.53. The number of allylic oxidation sites excluding steroid dienone is 4. The number of benzene rings is 9. The average molecular weight is 744 g/mol. The van der Waals surface area contributed by atoms with E-state index in [1.165, 1.54) is 76.5 Å². The summed E-state index contributed by atoms with van der Waals surface area (Å²) in [5.41, 5.74) is 11.2. The second-order valence-electron chi connectivity index (χ2n) is 15.5. The first-order valence-corrected chi connectivity index (χ1v) is 20.3. The molecule has 1 heterocycles. The van der Waals surface area contributed by atoms with E-state index in [0.29, 0.717) is 0 Å². The third-order valence-corrected chi connectivity index (χ3v) is 12.1. The number of amidine groups is 1. The van der Waals surface area contributed by atoms with E-state index < -0.39 is 0 Å². The summed E-state index contributed by atoms with van der Waals surface area (Å²) < 4.78 is 0. The molecule has 3 nitrogen and oxygen atoms in total. The molecule has 9 aromatic carbocycles. The third-order valence-electron chi connectivity index (χ3n) is 12.1. The zero-order valence-electron chi connectivity index (χ0n) is 32.1. The van der Waals surface area contributed by atoms with Crippen molar-refractivity contribution < 1.29 is 0 Å². The van der Waals surface area contributed by atoms with Gasteiger partial charge in [0.1, 0.15) is 18.2 Å². The second kappa shape index (κ2) is 14.5. The lowest BCUT2D eigenvalue weighted by Crippen LogP contribution is -2.44. The van der Waals surface area contributed by atoms with Crippen LogP contribution in [0.2, 0.25) is 0 Å². The van der Waals surface area contributed by atoms with Crippen LogP contribution in [-0.4, -0.2) is 5.84 Å². The van der Waals surface area contributed by atoms with Gasteiger partial charge < -0.3 is 5.32 Å². The fourth-order valence-electron chi connectivity index (χ4n) is 9.22. The van der Waals surface area contributed by atoms with Crippen molar-refractivity contribution in [3.63, 3.8) is 0 Å². The van der Waals surface area contributed by atoms with E-state index in [0.717, 1.165) is 35.4 Å². The molecule has 0 radical (unpaired) electrons. The highest BCUT2D eigenvalue weighted by molar-refractivity contribution is 6.25. The molecule has 58 heavy (non-hydrogen) atoms. The number of fused-ring (bicyclic) bond motifs is 7. The number of nitrogens with one attached hydrogen (secondary N) is 2. The fraction of sp³-hybridized carbons (Fsp3) is 0.0727. The van der Waals surface area contributed by atoms with E-state index in [1.54, 1.807) is 0 Å². The highest BCUT2D eigenvalue weighted by Crippen LogP contribution is 2.42. The van der Waals surface area contributed by atoms with Crippen LogP contribution in [0.3, 0.4) is 0 Å². The van der Waals surface area contributed by atoms with Gasteiger partial charge >= 0.3 is 0 Å². The summed E-state index contributed by atoms with van der Waals surface area (Å²) in [6.07, 6.45) is 6.37. The van der Waals surface area contributed by atoms with Crippen LogP contribution in [0.15, 0.2) is 205 Å². The van der Waals surface area contributed by atoms with Gasteiger partial charge in [-0.05, 0) is 113 Å². The Hall–Kier alpha value is -7.07. The van der Waals surface area contributed by atoms with Crippen LogP contribution >= 0.6 is 0 Å². The van der Waals surface area contributed by atoms with Crippen LogP contribution in [0, 0.1) is 0 Å². The standard InChI is InChI=1S/C55H41N3/c1-3-15-39(16-4-1)53-56-54(40-17-5-2-6-18-40)58-55(57-53)43-20-13-19-42(34-43)45-32-30-37-14-7-8-21-44(37)52(45)38-28-26-36(27-29-38)41-31-33-50-48-24-10-9-22-46(48)47-23-11-12-25-49(47)51(50)35-41/h1-26,28,30-35,53,55,57H,27,29H2,(H,56,58). The van der Waals surface area contributed by atoms with Crippen molar-refractivity contribution in [3.05, 3.63) is 228 Å². The maximum absolute atomic E-state index is 5.14. The number of aliphatic imine (C=N–C) groups is 1. The van der Waals surface area contributed by atoms with E-state index in [4.69, 9.17) is 4.99 Å². The van der Waals surface area contributed by atoms with Gasteiger partial charge in [-0.15, -0.1) is 0 Å². The monoisotopic (exact) mass is 743 g/mol. The van der Waals surface area contributed by atoms with Crippen molar-refractivity contribution in [1.82, 2.24) is 10.6 Å². The van der Waals surface area contributed by atoms with Gasteiger partial charge in [-0.25, -0.2) is 4.99 Å². The Labute approximate surface area is 338 Å². The zero-order valence-corrected chi connectivity index (χ0v) is 32.1. The van der Waals surface area contributed by atoms with E-state index in [-0.39, 0.29) is 12.3 Å². The van der Waals surface area contributed by atoms with Crippen molar-refractivity contribution in [2.24, 2.45) is 4.99 Å². The smallest absolute Gasteiger partial charge is 0.131 e. The molecule has 2 aliphatic rings. The molecule has 2 atom stereocenters. The molecule has 2 unspecified atom stereocenters. The first-order valence-electron chi connectivity index (χ1n) is 20.3. The van der Waals surface area contributed by atoms with Gasteiger partial charge in [0.2, 0.25) is 0 Å². The van der Waals surface area contributed by atoms with Crippen LogP contribution < -0.4 is 10.6 Å². The summed E-state index contributed by atoms with van der Waals surface area (Å²) >= 11 is 0. The summed E-state index contributed by atoms with van der Waals surface area (Å²) in [6.45, 7) is 0. The van der Waals surface area contributed by atoms with E-state index >= 15 is 0 Å². The van der Waals surface area contributed by atoms with Gasteiger partial charge in [0.25, 0.3) is 0 Å². The largest absolute Gasteiger partial charge is 0.350 e. The maximum Gasteiger partial charge on any atom is 0.131 e. The molecule has 276 valence electrons. The minimum atomic E-state index is -0.184. The van der Waals surface area contributed by atoms with Crippen molar-refractivity contribution in [1.29, 1.82) is 0 Å². The van der Waals surface area contributed by atoms with Crippen LogP contribution in [0.25, 0.3) is 65.4 Å². The van der Waals surface area contributed by atoms with Crippen molar-refractivity contribution >= 4 is 60.1 Å². The number of nitrogens with zero attached hydrogens (tertiary/aromatic N) is 1. The van der Waals surface area contributed by atoms with Crippen molar-refractivity contribution in [2.45, 2.75) is 25.2 Å². The molecule has 0 aromatic heterocycles. The van der Waals surface area contributed by atoms with Gasteiger partial charge in [0, 0.05) is 5.56 Å². The van der Waals surface area contributed by atoms with Crippen molar-refractivity contribution in [3.8, 4) is 11.1 Å². The molecule has 0 fully saturated rings. The van der Waals surface area contributed by atoms with Crippen molar-refractivity contribution in [2.75, 3.05) is 0 Å².